The van der Waals surface area contributed by atoms with Crippen LogP contribution in [0.2, 0.25) is 0 Å². The van der Waals surface area contributed by atoms with Gasteiger partial charge in [-0.25, -0.2) is 0 Å². The summed E-state index contributed by atoms with van der Waals surface area (Å²) in [6.45, 7) is 0. The Hall–Kier alpha value is -3.35. The minimum absolute atomic E-state index is 0.00993. The Labute approximate surface area is 143 Å². The molecule has 0 saturated heterocycles. The summed E-state index contributed by atoms with van der Waals surface area (Å²) in [7, 11) is 4.27. The molecule has 0 aliphatic heterocycles. The molecule has 0 aliphatic carbocycles. The standard InChI is InChI=1S/C18H16O7/c1-22-10-4-5-11-13(8-10)25-18(21)15(11)16(20)9-6-12(19)17(24-3)14(7-9)23-2/h4-8,19,21H,1-3H3. The molecule has 130 valence electrons. The van der Waals surface area contributed by atoms with Crippen LogP contribution < -0.4 is 14.2 Å². The molecule has 0 unspecified atom stereocenters. The number of benzene rings is 2. The van der Waals surface area contributed by atoms with Gasteiger partial charge >= 0.3 is 0 Å². The molecule has 7 heteroatoms. The third kappa shape index (κ3) is 2.69. The first-order valence-electron chi connectivity index (χ1n) is 7.29. The van der Waals surface area contributed by atoms with E-state index in [4.69, 9.17) is 18.6 Å². The predicted molar refractivity (Wildman–Crippen MR) is 89.1 cm³/mol. The van der Waals surface area contributed by atoms with E-state index >= 15 is 0 Å². The zero-order chi connectivity index (χ0) is 18.1. The summed E-state index contributed by atoms with van der Waals surface area (Å²) in [5.74, 6) is -0.451. The zero-order valence-corrected chi connectivity index (χ0v) is 13.8. The van der Waals surface area contributed by atoms with Crippen LogP contribution in [0, 0.1) is 0 Å². The minimum Gasteiger partial charge on any atom is -0.504 e. The summed E-state index contributed by atoms with van der Waals surface area (Å²) in [6.07, 6.45) is 0. The number of hydrogen-bond donors (Lipinski definition) is 2. The van der Waals surface area contributed by atoms with E-state index in [9.17, 15) is 15.0 Å². The number of aromatic hydroxyl groups is 2. The lowest BCUT2D eigenvalue weighted by Gasteiger charge is -2.11. The lowest BCUT2D eigenvalue weighted by Crippen LogP contribution is -2.02. The Bertz CT molecular complexity index is 956. The highest BCUT2D eigenvalue weighted by Crippen LogP contribution is 2.40. The lowest BCUT2D eigenvalue weighted by molar-refractivity contribution is 0.103. The first kappa shape index (κ1) is 16.5. The quantitative estimate of drug-likeness (QED) is 0.686. The van der Waals surface area contributed by atoms with Crippen LogP contribution in [0.3, 0.4) is 0 Å². The summed E-state index contributed by atoms with van der Waals surface area (Å²) < 4.78 is 20.5. The molecule has 1 heterocycles. The molecule has 25 heavy (non-hydrogen) atoms. The first-order chi connectivity index (χ1) is 12.0. The molecule has 3 aromatic rings. The van der Waals surface area contributed by atoms with Crippen molar-refractivity contribution >= 4 is 16.8 Å². The molecule has 0 bridgehead atoms. The average molecular weight is 344 g/mol. The van der Waals surface area contributed by atoms with Gasteiger partial charge in [0.25, 0.3) is 5.95 Å². The summed E-state index contributed by atoms with van der Waals surface area (Å²) in [5.41, 5.74) is 0.415. The van der Waals surface area contributed by atoms with Gasteiger partial charge < -0.3 is 28.8 Å². The van der Waals surface area contributed by atoms with Crippen LogP contribution in [-0.2, 0) is 0 Å². The van der Waals surface area contributed by atoms with Crippen LogP contribution in [-0.4, -0.2) is 37.3 Å². The number of furan rings is 1. The van der Waals surface area contributed by atoms with Crippen molar-refractivity contribution < 1.29 is 33.6 Å². The Morgan fingerprint density at radius 3 is 2.40 bits per heavy atom. The van der Waals surface area contributed by atoms with Crippen molar-refractivity contribution in [1.29, 1.82) is 0 Å². The fraction of sp³-hybridized carbons (Fsp3) is 0.167. The molecule has 0 amide bonds. The number of phenols is 1. The van der Waals surface area contributed by atoms with Gasteiger partial charge in [0.1, 0.15) is 16.9 Å². The monoisotopic (exact) mass is 344 g/mol. The third-order valence-electron chi connectivity index (χ3n) is 3.83. The maximum absolute atomic E-state index is 12.9. The maximum Gasteiger partial charge on any atom is 0.294 e. The maximum atomic E-state index is 12.9. The molecular weight excluding hydrogens is 328 g/mol. The van der Waals surface area contributed by atoms with Crippen molar-refractivity contribution in [3.8, 4) is 28.9 Å². The van der Waals surface area contributed by atoms with Gasteiger partial charge in [-0.2, -0.15) is 0 Å². The van der Waals surface area contributed by atoms with E-state index in [2.05, 4.69) is 0 Å². The number of fused-ring (bicyclic) bond motifs is 1. The number of carbonyl (C=O) groups excluding carboxylic acids is 1. The summed E-state index contributed by atoms with van der Waals surface area (Å²) >= 11 is 0. The Balaban J connectivity index is 2.14. The van der Waals surface area contributed by atoms with E-state index in [1.54, 1.807) is 18.2 Å². The van der Waals surface area contributed by atoms with E-state index in [1.807, 2.05) is 0 Å². The molecule has 0 radical (unpaired) electrons. The van der Waals surface area contributed by atoms with Crippen LogP contribution in [0.1, 0.15) is 15.9 Å². The van der Waals surface area contributed by atoms with Gasteiger partial charge in [0.15, 0.2) is 11.5 Å². The lowest BCUT2D eigenvalue weighted by atomic mass is 10.0. The van der Waals surface area contributed by atoms with Crippen molar-refractivity contribution in [2.24, 2.45) is 0 Å². The predicted octanol–water partition coefficient (Wildman–Crippen LogP) is 3.10. The molecule has 0 saturated carbocycles. The van der Waals surface area contributed by atoms with Crippen LogP contribution in [0.5, 0.6) is 28.9 Å². The Morgan fingerprint density at radius 1 is 1.00 bits per heavy atom. The van der Waals surface area contributed by atoms with Gasteiger partial charge in [0, 0.05) is 17.0 Å². The highest BCUT2D eigenvalue weighted by Gasteiger charge is 2.24. The van der Waals surface area contributed by atoms with E-state index in [1.165, 1.54) is 33.5 Å². The fourth-order valence-corrected chi connectivity index (χ4v) is 2.63. The van der Waals surface area contributed by atoms with Crippen LogP contribution in [0.25, 0.3) is 11.0 Å². The van der Waals surface area contributed by atoms with Gasteiger partial charge in [-0.1, -0.05) is 0 Å². The van der Waals surface area contributed by atoms with Crippen LogP contribution >= 0.6 is 0 Å². The summed E-state index contributed by atoms with van der Waals surface area (Å²) in [4.78, 5) is 12.9. The molecule has 2 N–H and O–H groups in total. The minimum atomic E-state index is -0.530. The van der Waals surface area contributed by atoms with Crippen molar-refractivity contribution in [3.63, 3.8) is 0 Å². The topological polar surface area (TPSA) is 98.4 Å². The molecule has 0 fully saturated rings. The molecule has 7 nitrogen and oxygen atoms in total. The van der Waals surface area contributed by atoms with Crippen molar-refractivity contribution in [2.45, 2.75) is 0 Å². The highest BCUT2D eigenvalue weighted by atomic mass is 16.5. The summed E-state index contributed by atoms with van der Waals surface area (Å²) in [5, 5.41) is 20.5. The fourth-order valence-electron chi connectivity index (χ4n) is 2.63. The van der Waals surface area contributed by atoms with Crippen molar-refractivity contribution in [3.05, 3.63) is 41.5 Å². The van der Waals surface area contributed by atoms with Crippen LogP contribution in [0.4, 0.5) is 0 Å². The molecule has 0 aliphatic rings. The van der Waals surface area contributed by atoms with Gasteiger partial charge in [0.05, 0.1) is 21.3 Å². The number of carbonyl (C=O) groups is 1. The molecule has 2 aromatic carbocycles. The number of ether oxygens (including phenoxy) is 3. The second-order valence-electron chi connectivity index (χ2n) is 5.20. The van der Waals surface area contributed by atoms with E-state index < -0.39 is 11.7 Å². The number of hydrogen-bond acceptors (Lipinski definition) is 7. The third-order valence-corrected chi connectivity index (χ3v) is 3.83. The van der Waals surface area contributed by atoms with Crippen LogP contribution in [0.15, 0.2) is 34.7 Å². The first-order valence-corrected chi connectivity index (χ1v) is 7.29. The van der Waals surface area contributed by atoms with Gasteiger partial charge in [-0.05, 0) is 24.3 Å². The van der Waals surface area contributed by atoms with Gasteiger partial charge in [-0.15, -0.1) is 0 Å². The Morgan fingerprint density at radius 2 is 1.76 bits per heavy atom. The normalized spacial score (nSPS) is 10.7. The summed E-state index contributed by atoms with van der Waals surface area (Å²) in [6, 6.07) is 7.50. The second-order valence-corrected chi connectivity index (χ2v) is 5.20. The average Bonchev–Trinajstić information content (AvgIpc) is 2.94. The van der Waals surface area contributed by atoms with E-state index in [-0.39, 0.29) is 28.4 Å². The molecule has 1 aromatic heterocycles. The molecule has 0 atom stereocenters. The number of rotatable bonds is 5. The van der Waals surface area contributed by atoms with E-state index in [0.717, 1.165) is 0 Å². The van der Waals surface area contributed by atoms with Gasteiger partial charge in [0.2, 0.25) is 11.5 Å². The SMILES string of the molecule is COc1ccc2c(C(=O)c3cc(O)c(OC)c(OC)c3)c(O)oc2c1. The smallest absolute Gasteiger partial charge is 0.294 e. The molecule has 3 rings (SSSR count). The number of phenolic OH excluding ortho intramolecular Hbond substituents is 1. The van der Waals surface area contributed by atoms with Crippen molar-refractivity contribution in [1.82, 2.24) is 0 Å². The highest BCUT2D eigenvalue weighted by molar-refractivity contribution is 6.18. The van der Waals surface area contributed by atoms with Crippen molar-refractivity contribution in [2.75, 3.05) is 21.3 Å². The zero-order valence-electron chi connectivity index (χ0n) is 13.8. The number of methoxy groups -OCH3 is 3. The largest absolute Gasteiger partial charge is 0.504 e. The second kappa shape index (κ2) is 6.27. The van der Waals surface area contributed by atoms with E-state index in [0.29, 0.717) is 16.7 Å². The Kier molecular flexibility index (Phi) is 4.14. The molecule has 0 spiro atoms. The number of ketones is 1. The molecular formula is C18H16O7. The van der Waals surface area contributed by atoms with Gasteiger partial charge in [-0.3, -0.25) is 4.79 Å².